The Bertz CT molecular complexity index is 777. The van der Waals surface area contributed by atoms with Crippen LogP contribution in [0.2, 0.25) is 0 Å². The lowest BCUT2D eigenvalue weighted by molar-refractivity contribution is 0.549. The summed E-state index contributed by atoms with van der Waals surface area (Å²) in [5, 5.41) is 4.23. The highest BCUT2D eigenvalue weighted by molar-refractivity contribution is 7.89. The Labute approximate surface area is 145 Å². The molecule has 1 aromatic carbocycles. The Morgan fingerprint density at radius 2 is 1.71 bits per heavy atom. The van der Waals surface area contributed by atoms with Gasteiger partial charge in [0, 0.05) is 18.8 Å². The highest BCUT2D eigenvalue weighted by Gasteiger charge is 2.24. The number of benzene rings is 1. The van der Waals surface area contributed by atoms with E-state index < -0.39 is 10.0 Å². The third kappa shape index (κ3) is 4.05. The third-order valence-electron chi connectivity index (χ3n) is 4.23. The fraction of sp³-hybridized carbons (Fsp3) is 0.500. The van der Waals surface area contributed by atoms with Crippen molar-refractivity contribution in [3.63, 3.8) is 0 Å². The summed E-state index contributed by atoms with van der Waals surface area (Å²) in [5.41, 5.74) is 2.75. The van der Waals surface area contributed by atoms with E-state index >= 15 is 0 Å². The summed E-state index contributed by atoms with van der Waals surface area (Å²) in [6.45, 7) is 10.6. The maximum atomic E-state index is 12.7. The van der Waals surface area contributed by atoms with Gasteiger partial charge < -0.3 is 0 Å². The zero-order valence-corrected chi connectivity index (χ0v) is 15.9. The van der Waals surface area contributed by atoms with E-state index in [2.05, 4.69) is 35.8 Å². The lowest BCUT2D eigenvalue weighted by atomic mass is 9.98. The molecule has 1 unspecified atom stereocenters. The molecule has 2 rings (SSSR count). The van der Waals surface area contributed by atoms with E-state index in [4.69, 9.17) is 0 Å². The predicted octanol–water partition coefficient (Wildman–Crippen LogP) is 3.76. The maximum Gasteiger partial charge on any atom is 0.244 e. The summed E-state index contributed by atoms with van der Waals surface area (Å²) < 4.78 is 29.9. The van der Waals surface area contributed by atoms with Crippen LogP contribution in [-0.4, -0.2) is 18.2 Å². The summed E-state index contributed by atoms with van der Waals surface area (Å²) in [5.74, 6) is 0.457. The minimum absolute atomic E-state index is 0.249. The van der Waals surface area contributed by atoms with E-state index in [0.717, 1.165) is 5.56 Å². The van der Waals surface area contributed by atoms with Crippen LogP contribution in [0.5, 0.6) is 0 Å². The fourth-order valence-corrected chi connectivity index (χ4v) is 4.17. The van der Waals surface area contributed by atoms with E-state index in [1.54, 1.807) is 17.8 Å². The van der Waals surface area contributed by atoms with Crippen molar-refractivity contribution in [2.75, 3.05) is 0 Å². The van der Waals surface area contributed by atoms with E-state index in [1.807, 2.05) is 26.0 Å². The number of rotatable bonds is 7. The lowest BCUT2D eigenvalue weighted by Crippen LogP contribution is -2.28. The smallest absolute Gasteiger partial charge is 0.244 e. The summed E-state index contributed by atoms with van der Waals surface area (Å²) in [7, 11) is -3.60. The molecule has 0 spiro atoms. The second kappa shape index (κ2) is 7.49. The van der Waals surface area contributed by atoms with Gasteiger partial charge in [-0.1, -0.05) is 45.0 Å². The molecule has 1 atom stereocenters. The summed E-state index contributed by atoms with van der Waals surface area (Å²) >= 11 is 0. The van der Waals surface area contributed by atoms with Gasteiger partial charge >= 0.3 is 0 Å². The van der Waals surface area contributed by atoms with Crippen LogP contribution in [-0.2, 0) is 16.6 Å². The summed E-state index contributed by atoms with van der Waals surface area (Å²) in [6.07, 6.45) is 2.27. The predicted molar refractivity (Wildman–Crippen MR) is 96.5 cm³/mol. The topological polar surface area (TPSA) is 64.0 Å². The molecule has 0 saturated carbocycles. The summed E-state index contributed by atoms with van der Waals surface area (Å²) in [6, 6.07) is 7.90. The van der Waals surface area contributed by atoms with Gasteiger partial charge in [0.25, 0.3) is 0 Å². The largest absolute Gasteiger partial charge is 0.271 e. The molecule has 1 heterocycles. The van der Waals surface area contributed by atoms with Crippen molar-refractivity contribution in [1.29, 1.82) is 0 Å². The van der Waals surface area contributed by atoms with Gasteiger partial charge in [0.1, 0.15) is 4.90 Å². The second-order valence-corrected chi connectivity index (χ2v) is 8.02. The first-order chi connectivity index (χ1) is 11.3. The fourth-order valence-electron chi connectivity index (χ4n) is 2.68. The molecule has 1 aromatic heterocycles. The Morgan fingerprint density at radius 3 is 2.17 bits per heavy atom. The van der Waals surface area contributed by atoms with Crippen molar-refractivity contribution in [2.45, 2.75) is 64.4 Å². The van der Waals surface area contributed by atoms with Gasteiger partial charge in [0.2, 0.25) is 10.0 Å². The Hall–Kier alpha value is -1.66. The number of sulfonamides is 1. The van der Waals surface area contributed by atoms with E-state index in [-0.39, 0.29) is 10.9 Å². The SMILES string of the molecule is CCC(NS(=O)(=O)c1cn(CC)nc1C)c1ccc(C(C)C)cc1. The van der Waals surface area contributed by atoms with Crippen molar-refractivity contribution >= 4 is 10.0 Å². The van der Waals surface area contributed by atoms with E-state index in [0.29, 0.717) is 24.6 Å². The van der Waals surface area contributed by atoms with Gasteiger partial charge in [-0.25, -0.2) is 13.1 Å². The second-order valence-electron chi connectivity index (χ2n) is 6.34. The van der Waals surface area contributed by atoms with Crippen molar-refractivity contribution < 1.29 is 8.42 Å². The number of aromatic nitrogens is 2. The van der Waals surface area contributed by atoms with Gasteiger partial charge in [-0.3, -0.25) is 4.68 Å². The highest BCUT2D eigenvalue weighted by atomic mass is 32.2. The highest BCUT2D eigenvalue weighted by Crippen LogP contribution is 2.23. The van der Waals surface area contributed by atoms with Crippen molar-refractivity contribution in [1.82, 2.24) is 14.5 Å². The average molecular weight is 350 g/mol. The normalized spacial score (nSPS) is 13.4. The number of nitrogens with one attached hydrogen (secondary N) is 1. The number of nitrogens with zero attached hydrogens (tertiary/aromatic N) is 2. The average Bonchev–Trinajstić information content (AvgIpc) is 2.94. The van der Waals surface area contributed by atoms with Crippen LogP contribution in [0.3, 0.4) is 0 Å². The molecule has 0 aliphatic carbocycles. The molecule has 0 fully saturated rings. The van der Waals surface area contributed by atoms with Crippen LogP contribution in [0.1, 0.15) is 62.9 Å². The van der Waals surface area contributed by atoms with Crippen molar-refractivity contribution in [3.05, 3.63) is 47.3 Å². The molecule has 2 aromatic rings. The van der Waals surface area contributed by atoms with E-state index in [9.17, 15) is 8.42 Å². The molecule has 24 heavy (non-hydrogen) atoms. The van der Waals surface area contributed by atoms with Crippen LogP contribution in [0.15, 0.2) is 35.4 Å². The molecule has 132 valence electrons. The van der Waals surface area contributed by atoms with Crippen molar-refractivity contribution in [2.24, 2.45) is 0 Å². The minimum atomic E-state index is -3.60. The number of hydrogen-bond acceptors (Lipinski definition) is 3. The first-order valence-corrected chi connectivity index (χ1v) is 9.93. The molecule has 5 nitrogen and oxygen atoms in total. The molecular weight excluding hydrogens is 322 g/mol. The van der Waals surface area contributed by atoms with Crippen molar-refractivity contribution in [3.8, 4) is 0 Å². The molecule has 1 N–H and O–H groups in total. The maximum absolute atomic E-state index is 12.7. The van der Waals surface area contributed by atoms with Gasteiger partial charge in [-0.15, -0.1) is 0 Å². The van der Waals surface area contributed by atoms with Gasteiger partial charge in [0.05, 0.1) is 5.69 Å². The van der Waals surface area contributed by atoms with Gasteiger partial charge in [-0.05, 0) is 37.3 Å². The first-order valence-electron chi connectivity index (χ1n) is 8.44. The molecule has 0 amide bonds. The van der Waals surface area contributed by atoms with Crippen LogP contribution in [0, 0.1) is 6.92 Å². The third-order valence-corrected chi connectivity index (χ3v) is 5.80. The van der Waals surface area contributed by atoms with E-state index in [1.165, 1.54) is 5.56 Å². The Kier molecular flexibility index (Phi) is 5.83. The first kappa shape index (κ1) is 18.7. The number of hydrogen-bond donors (Lipinski definition) is 1. The lowest BCUT2D eigenvalue weighted by Gasteiger charge is -2.18. The molecule has 0 aliphatic rings. The van der Waals surface area contributed by atoms with Crippen LogP contribution >= 0.6 is 0 Å². The molecule has 0 saturated heterocycles. The Balaban J connectivity index is 2.26. The summed E-state index contributed by atoms with van der Waals surface area (Å²) in [4.78, 5) is 0.251. The van der Waals surface area contributed by atoms with Gasteiger partial charge in [0.15, 0.2) is 0 Å². The molecule has 0 aliphatic heterocycles. The molecule has 0 radical (unpaired) electrons. The standard InChI is InChI=1S/C18H27N3O2S/c1-6-17(16-10-8-15(9-11-16)13(3)4)20-24(22,23)18-12-21(7-2)19-14(18)5/h8-13,17,20H,6-7H2,1-5H3. The molecular formula is C18H27N3O2S. The van der Waals surface area contributed by atoms with Crippen LogP contribution in [0.4, 0.5) is 0 Å². The van der Waals surface area contributed by atoms with Crippen LogP contribution in [0.25, 0.3) is 0 Å². The van der Waals surface area contributed by atoms with Crippen LogP contribution < -0.4 is 4.72 Å². The zero-order chi connectivity index (χ0) is 17.9. The monoisotopic (exact) mass is 349 g/mol. The number of aryl methyl sites for hydroxylation is 2. The quantitative estimate of drug-likeness (QED) is 0.827. The minimum Gasteiger partial charge on any atom is -0.271 e. The Morgan fingerprint density at radius 1 is 1.12 bits per heavy atom. The van der Waals surface area contributed by atoms with Gasteiger partial charge in [-0.2, -0.15) is 5.10 Å². The zero-order valence-electron chi connectivity index (χ0n) is 15.1. The molecule has 0 bridgehead atoms. The molecule has 6 heteroatoms.